The Bertz CT molecular complexity index is 576. The van der Waals surface area contributed by atoms with E-state index >= 15 is 0 Å². The van der Waals surface area contributed by atoms with Crippen LogP contribution >= 0.6 is 0 Å². The summed E-state index contributed by atoms with van der Waals surface area (Å²) in [5.74, 6) is 1.17. The summed E-state index contributed by atoms with van der Waals surface area (Å²) >= 11 is 0. The molecule has 0 bridgehead atoms. The summed E-state index contributed by atoms with van der Waals surface area (Å²) in [7, 11) is 0. The van der Waals surface area contributed by atoms with Crippen molar-refractivity contribution in [1.82, 2.24) is 4.98 Å². The molecule has 3 nitrogen and oxygen atoms in total. The van der Waals surface area contributed by atoms with Crippen molar-refractivity contribution in [2.24, 2.45) is 5.41 Å². The number of pyridine rings is 1. The topological polar surface area (TPSA) is 45.2 Å². The Morgan fingerprint density at radius 1 is 1.33 bits per heavy atom. The SMILES string of the molecule is CCC1(CNc2nccc3ccc(O)cc23)CC1. The van der Waals surface area contributed by atoms with E-state index in [9.17, 15) is 5.11 Å². The minimum atomic E-state index is 0.287. The molecule has 1 fully saturated rings. The van der Waals surface area contributed by atoms with E-state index in [1.807, 2.05) is 18.3 Å². The van der Waals surface area contributed by atoms with E-state index in [1.54, 1.807) is 12.1 Å². The number of phenolic OH excluding ortho intramolecular Hbond substituents is 1. The number of nitrogens with zero attached hydrogens (tertiary/aromatic N) is 1. The number of benzene rings is 1. The van der Waals surface area contributed by atoms with Crippen molar-refractivity contribution in [3.8, 4) is 5.75 Å². The molecule has 0 spiro atoms. The fourth-order valence-corrected chi connectivity index (χ4v) is 2.40. The summed E-state index contributed by atoms with van der Waals surface area (Å²) in [6.45, 7) is 3.22. The van der Waals surface area contributed by atoms with Crippen molar-refractivity contribution in [3.63, 3.8) is 0 Å². The average Bonchev–Trinajstić information content (AvgIpc) is 3.17. The lowest BCUT2D eigenvalue weighted by Gasteiger charge is -2.15. The van der Waals surface area contributed by atoms with Crippen LogP contribution in [0.2, 0.25) is 0 Å². The quantitative estimate of drug-likeness (QED) is 0.862. The third-order valence-corrected chi connectivity index (χ3v) is 4.09. The molecule has 2 aromatic rings. The Kier molecular flexibility index (Phi) is 2.62. The Morgan fingerprint density at radius 2 is 2.17 bits per heavy atom. The van der Waals surface area contributed by atoms with Crippen molar-refractivity contribution >= 4 is 16.6 Å². The molecule has 0 amide bonds. The molecule has 3 heteroatoms. The zero-order valence-corrected chi connectivity index (χ0v) is 10.6. The van der Waals surface area contributed by atoms with Crippen LogP contribution in [-0.4, -0.2) is 16.6 Å². The highest BCUT2D eigenvalue weighted by molar-refractivity contribution is 5.92. The van der Waals surface area contributed by atoms with E-state index < -0.39 is 0 Å². The van der Waals surface area contributed by atoms with Gasteiger partial charge in [-0.1, -0.05) is 13.0 Å². The van der Waals surface area contributed by atoms with Crippen molar-refractivity contribution in [2.75, 3.05) is 11.9 Å². The predicted octanol–water partition coefficient (Wildman–Crippen LogP) is 3.54. The highest BCUT2D eigenvalue weighted by Gasteiger charge is 2.40. The summed E-state index contributed by atoms with van der Waals surface area (Å²) < 4.78 is 0. The largest absolute Gasteiger partial charge is 0.508 e. The molecule has 1 aliphatic rings. The summed E-state index contributed by atoms with van der Waals surface area (Å²) in [6.07, 6.45) is 5.66. The molecular formula is C15H18N2O. The predicted molar refractivity (Wildman–Crippen MR) is 73.9 cm³/mol. The zero-order chi connectivity index (χ0) is 12.6. The number of anilines is 1. The van der Waals surface area contributed by atoms with Crippen LogP contribution in [0.5, 0.6) is 5.75 Å². The van der Waals surface area contributed by atoms with E-state index in [0.717, 1.165) is 23.1 Å². The Labute approximate surface area is 107 Å². The Morgan fingerprint density at radius 3 is 2.89 bits per heavy atom. The summed E-state index contributed by atoms with van der Waals surface area (Å²) in [6, 6.07) is 7.37. The molecule has 0 atom stereocenters. The lowest BCUT2D eigenvalue weighted by atomic mass is 10.0. The maximum atomic E-state index is 9.59. The third kappa shape index (κ3) is 2.01. The number of nitrogens with one attached hydrogen (secondary N) is 1. The molecule has 3 rings (SSSR count). The van der Waals surface area contributed by atoms with Gasteiger partial charge in [-0.05, 0) is 48.3 Å². The van der Waals surface area contributed by atoms with Crippen LogP contribution in [0.4, 0.5) is 5.82 Å². The summed E-state index contributed by atoms with van der Waals surface area (Å²) in [5, 5.41) is 15.1. The zero-order valence-electron chi connectivity index (χ0n) is 10.6. The van der Waals surface area contributed by atoms with Crippen LogP contribution in [0.15, 0.2) is 30.5 Å². The number of aromatic hydroxyl groups is 1. The van der Waals surface area contributed by atoms with Crippen molar-refractivity contribution in [2.45, 2.75) is 26.2 Å². The number of aromatic nitrogens is 1. The first-order valence-corrected chi connectivity index (χ1v) is 6.54. The van der Waals surface area contributed by atoms with Crippen LogP contribution < -0.4 is 5.32 Å². The van der Waals surface area contributed by atoms with Crippen LogP contribution in [-0.2, 0) is 0 Å². The van der Waals surface area contributed by atoms with E-state index in [2.05, 4.69) is 17.2 Å². The molecular weight excluding hydrogens is 224 g/mol. The lowest BCUT2D eigenvalue weighted by molar-refractivity contribution is 0.476. The maximum absolute atomic E-state index is 9.59. The lowest BCUT2D eigenvalue weighted by Crippen LogP contribution is -2.15. The number of hydrogen-bond acceptors (Lipinski definition) is 3. The van der Waals surface area contributed by atoms with Gasteiger partial charge in [0.2, 0.25) is 0 Å². The standard InChI is InChI=1S/C15H18N2O/c1-2-15(6-7-15)10-17-14-13-9-12(18)4-3-11(13)5-8-16-14/h3-5,8-9,18H,2,6-7,10H2,1H3,(H,16,17). The van der Waals surface area contributed by atoms with Gasteiger partial charge in [-0.3, -0.25) is 0 Å². The highest BCUT2D eigenvalue weighted by Crippen LogP contribution is 2.48. The first-order valence-electron chi connectivity index (χ1n) is 6.54. The first kappa shape index (κ1) is 11.3. The fraction of sp³-hybridized carbons (Fsp3) is 0.400. The molecule has 0 radical (unpaired) electrons. The van der Waals surface area contributed by atoms with Crippen molar-refractivity contribution < 1.29 is 5.11 Å². The van der Waals surface area contributed by atoms with Gasteiger partial charge >= 0.3 is 0 Å². The molecule has 94 valence electrons. The molecule has 1 heterocycles. The van der Waals surface area contributed by atoms with Crippen LogP contribution in [0.1, 0.15) is 26.2 Å². The van der Waals surface area contributed by atoms with Crippen LogP contribution in [0.3, 0.4) is 0 Å². The second-order valence-corrected chi connectivity index (χ2v) is 5.27. The van der Waals surface area contributed by atoms with Crippen LogP contribution in [0.25, 0.3) is 10.8 Å². The van der Waals surface area contributed by atoms with Gasteiger partial charge in [0.25, 0.3) is 0 Å². The Balaban J connectivity index is 1.89. The molecule has 1 saturated carbocycles. The van der Waals surface area contributed by atoms with Gasteiger partial charge in [-0.15, -0.1) is 0 Å². The minimum absolute atomic E-state index is 0.287. The summed E-state index contributed by atoms with van der Waals surface area (Å²) in [5.41, 5.74) is 0.487. The van der Waals surface area contributed by atoms with E-state index in [1.165, 1.54) is 19.3 Å². The number of fused-ring (bicyclic) bond motifs is 1. The van der Waals surface area contributed by atoms with Gasteiger partial charge in [-0.2, -0.15) is 0 Å². The van der Waals surface area contributed by atoms with Gasteiger partial charge in [-0.25, -0.2) is 4.98 Å². The van der Waals surface area contributed by atoms with Crippen molar-refractivity contribution in [1.29, 1.82) is 0 Å². The molecule has 1 aromatic carbocycles. The van der Waals surface area contributed by atoms with Gasteiger partial charge in [0.1, 0.15) is 11.6 Å². The normalized spacial score (nSPS) is 16.7. The molecule has 0 unspecified atom stereocenters. The van der Waals surface area contributed by atoms with Gasteiger partial charge in [0.15, 0.2) is 0 Å². The fourth-order valence-electron chi connectivity index (χ4n) is 2.40. The molecule has 18 heavy (non-hydrogen) atoms. The summed E-state index contributed by atoms with van der Waals surface area (Å²) in [4.78, 5) is 4.39. The minimum Gasteiger partial charge on any atom is -0.508 e. The van der Waals surface area contributed by atoms with E-state index in [4.69, 9.17) is 0 Å². The maximum Gasteiger partial charge on any atom is 0.133 e. The van der Waals surface area contributed by atoms with Gasteiger partial charge in [0, 0.05) is 18.1 Å². The van der Waals surface area contributed by atoms with Crippen LogP contribution in [0, 0.1) is 5.41 Å². The second-order valence-electron chi connectivity index (χ2n) is 5.27. The number of hydrogen-bond donors (Lipinski definition) is 2. The monoisotopic (exact) mass is 242 g/mol. The molecule has 2 N–H and O–H groups in total. The number of rotatable bonds is 4. The number of phenols is 1. The first-order chi connectivity index (χ1) is 8.72. The van der Waals surface area contributed by atoms with E-state index in [-0.39, 0.29) is 5.75 Å². The smallest absolute Gasteiger partial charge is 0.133 e. The van der Waals surface area contributed by atoms with E-state index in [0.29, 0.717) is 5.41 Å². The molecule has 0 saturated heterocycles. The molecule has 0 aliphatic heterocycles. The van der Waals surface area contributed by atoms with Crippen molar-refractivity contribution in [3.05, 3.63) is 30.5 Å². The second kappa shape index (κ2) is 4.16. The third-order valence-electron chi connectivity index (χ3n) is 4.09. The average molecular weight is 242 g/mol. The Hall–Kier alpha value is -1.77. The molecule has 1 aromatic heterocycles. The van der Waals surface area contributed by atoms with Gasteiger partial charge in [0.05, 0.1) is 0 Å². The van der Waals surface area contributed by atoms with Gasteiger partial charge < -0.3 is 10.4 Å². The molecule has 1 aliphatic carbocycles. The highest BCUT2D eigenvalue weighted by atomic mass is 16.3.